The Morgan fingerprint density at radius 3 is 2.54 bits per heavy atom. The van der Waals surface area contributed by atoms with Gasteiger partial charge >= 0.3 is 0 Å². The number of nitrogens with zero attached hydrogens (tertiary/aromatic N) is 1. The van der Waals surface area contributed by atoms with Crippen molar-refractivity contribution in [3.63, 3.8) is 0 Å². The first-order chi connectivity index (χ1) is 11.4. The Kier molecular flexibility index (Phi) is 6.63. The van der Waals surface area contributed by atoms with E-state index in [1.54, 1.807) is 4.90 Å². The first-order valence-corrected chi connectivity index (χ1v) is 9.21. The van der Waals surface area contributed by atoms with Crippen LogP contribution >= 0.6 is 0 Å². The molecule has 0 aromatic rings. The summed E-state index contributed by atoms with van der Waals surface area (Å²) < 4.78 is 0. The number of amides is 3. The Morgan fingerprint density at radius 1 is 1.17 bits per heavy atom. The zero-order chi connectivity index (χ0) is 17.6. The molecule has 0 spiro atoms. The number of carbonyl (C=O) groups excluding carboxylic acids is 3. The van der Waals surface area contributed by atoms with Gasteiger partial charge in [-0.3, -0.25) is 14.4 Å². The summed E-state index contributed by atoms with van der Waals surface area (Å²) in [4.78, 5) is 37.6. The smallest absolute Gasteiger partial charge is 0.222 e. The van der Waals surface area contributed by atoms with Crippen LogP contribution in [-0.4, -0.2) is 47.8 Å². The minimum Gasteiger partial charge on any atom is -0.356 e. The van der Waals surface area contributed by atoms with Crippen LogP contribution in [0.1, 0.15) is 65.2 Å². The lowest BCUT2D eigenvalue weighted by Gasteiger charge is -2.29. The minimum absolute atomic E-state index is 0.0154. The van der Waals surface area contributed by atoms with E-state index in [1.165, 1.54) is 19.3 Å². The van der Waals surface area contributed by atoms with E-state index in [0.29, 0.717) is 25.3 Å². The van der Waals surface area contributed by atoms with Crippen molar-refractivity contribution in [3.05, 3.63) is 0 Å². The van der Waals surface area contributed by atoms with Crippen molar-refractivity contribution in [1.82, 2.24) is 15.5 Å². The molecule has 0 aromatic carbocycles. The van der Waals surface area contributed by atoms with E-state index >= 15 is 0 Å². The summed E-state index contributed by atoms with van der Waals surface area (Å²) in [5, 5.41) is 5.88. The fourth-order valence-corrected chi connectivity index (χ4v) is 3.24. The molecule has 6 heteroatoms. The van der Waals surface area contributed by atoms with Gasteiger partial charge in [0.15, 0.2) is 0 Å². The highest BCUT2D eigenvalue weighted by atomic mass is 16.2. The van der Waals surface area contributed by atoms with Crippen LogP contribution in [0.5, 0.6) is 0 Å². The van der Waals surface area contributed by atoms with Crippen LogP contribution in [0.25, 0.3) is 0 Å². The first kappa shape index (κ1) is 18.7. The summed E-state index contributed by atoms with van der Waals surface area (Å²) in [6, 6.07) is 0. The molecule has 2 fully saturated rings. The van der Waals surface area contributed by atoms with Gasteiger partial charge in [-0.1, -0.05) is 6.42 Å². The lowest BCUT2D eigenvalue weighted by Crippen LogP contribution is -2.48. The topological polar surface area (TPSA) is 78.5 Å². The van der Waals surface area contributed by atoms with Crippen molar-refractivity contribution in [2.45, 2.75) is 70.8 Å². The predicted molar refractivity (Wildman–Crippen MR) is 92.2 cm³/mol. The average molecular weight is 337 g/mol. The molecule has 0 radical (unpaired) electrons. The second kappa shape index (κ2) is 8.49. The molecule has 1 saturated heterocycles. The van der Waals surface area contributed by atoms with E-state index in [2.05, 4.69) is 10.6 Å². The van der Waals surface area contributed by atoms with Crippen molar-refractivity contribution in [1.29, 1.82) is 0 Å². The molecule has 24 heavy (non-hydrogen) atoms. The van der Waals surface area contributed by atoms with E-state index in [1.807, 2.05) is 13.8 Å². The third-order valence-electron chi connectivity index (χ3n) is 4.92. The number of hydrogen-bond acceptors (Lipinski definition) is 3. The zero-order valence-corrected chi connectivity index (χ0v) is 15.0. The van der Waals surface area contributed by atoms with Gasteiger partial charge in [-0.15, -0.1) is 0 Å². The summed E-state index contributed by atoms with van der Waals surface area (Å²) in [5.41, 5.74) is -0.577. The highest BCUT2D eigenvalue weighted by Gasteiger charge is 2.26. The maximum absolute atomic E-state index is 12.1. The first-order valence-electron chi connectivity index (χ1n) is 9.21. The van der Waals surface area contributed by atoms with Crippen LogP contribution in [0.2, 0.25) is 0 Å². The summed E-state index contributed by atoms with van der Waals surface area (Å²) in [5.74, 6) is 0.654. The molecule has 0 aromatic heterocycles. The van der Waals surface area contributed by atoms with E-state index < -0.39 is 5.54 Å². The Morgan fingerprint density at radius 2 is 1.92 bits per heavy atom. The molecule has 2 N–H and O–H groups in total. The molecule has 0 bridgehead atoms. The molecule has 3 amide bonds. The van der Waals surface area contributed by atoms with Gasteiger partial charge in [-0.05, 0) is 45.4 Å². The van der Waals surface area contributed by atoms with Crippen molar-refractivity contribution in [3.8, 4) is 0 Å². The van der Waals surface area contributed by atoms with E-state index in [0.717, 1.165) is 25.9 Å². The summed E-state index contributed by atoms with van der Waals surface area (Å²) in [6.45, 7) is 5.69. The normalized spacial score (nSPS) is 18.9. The van der Waals surface area contributed by atoms with Crippen molar-refractivity contribution >= 4 is 17.7 Å². The molecule has 6 nitrogen and oxygen atoms in total. The molecule has 0 unspecified atom stereocenters. The number of piperidine rings is 1. The van der Waals surface area contributed by atoms with Gasteiger partial charge in [0.25, 0.3) is 0 Å². The van der Waals surface area contributed by atoms with E-state index in [-0.39, 0.29) is 24.1 Å². The summed E-state index contributed by atoms with van der Waals surface area (Å²) >= 11 is 0. The van der Waals surface area contributed by atoms with Crippen molar-refractivity contribution < 1.29 is 14.4 Å². The summed E-state index contributed by atoms with van der Waals surface area (Å²) in [6.07, 6.45) is 6.79. The predicted octanol–water partition coefficient (Wildman–Crippen LogP) is 1.59. The Hall–Kier alpha value is -1.59. The minimum atomic E-state index is -0.577. The fraction of sp³-hybridized carbons (Fsp3) is 0.833. The largest absolute Gasteiger partial charge is 0.356 e. The molecule has 2 rings (SSSR count). The quantitative estimate of drug-likeness (QED) is 0.706. The average Bonchev–Trinajstić information content (AvgIpc) is 2.43. The lowest BCUT2D eigenvalue weighted by atomic mass is 9.85. The number of hydrogen-bond donors (Lipinski definition) is 2. The zero-order valence-electron chi connectivity index (χ0n) is 15.0. The third-order valence-corrected chi connectivity index (χ3v) is 4.92. The fourth-order valence-electron chi connectivity index (χ4n) is 3.24. The molecular formula is C18H31N3O3. The third kappa shape index (κ3) is 6.13. The molecule has 1 heterocycles. The molecular weight excluding hydrogens is 306 g/mol. The van der Waals surface area contributed by atoms with Gasteiger partial charge in [0.05, 0.1) is 0 Å². The molecule has 1 saturated carbocycles. The number of rotatable bonds is 8. The van der Waals surface area contributed by atoms with Gasteiger partial charge < -0.3 is 15.5 Å². The van der Waals surface area contributed by atoms with Crippen LogP contribution in [0.15, 0.2) is 0 Å². The van der Waals surface area contributed by atoms with Crippen LogP contribution < -0.4 is 10.6 Å². The van der Waals surface area contributed by atoms with Crippen LogP contribution in [0.3, 0.4) is 0 Å². The number of likely N-dealkylation sites (tertiary alicyclic amines) is 1. The van der Waals surface area contributed by atoms with Gasteiger partial charge in [0, 0.05) is 44.4 Å². The Labute approximate surface area is 144 Å². The SMILES string of the molecule is CC(C)(CC(=O)NCC1CCC1)NC(=O)CCN1CCCCC1=O. The van der Waals surface area contributed by atoms with E-state index in [9.17, 15) is 14.4 Å². The van der Waals surface area contributed by atoms with E-state index in [4.69, 9.17) is 0 Å². The second-order valence-corrected chi connectivity index (χ2v) is 7.80. The molecule has 1 aliphatic carbocycles. The molecule has 1 aliphatic heterocycles. The van der Waals surface area contributed by atoms with Crippen LogP contribution in [0.4, 0.5) is 0 Å². The van der Waals surface area contributed by atoms with Crippen LogP contribution in [-0.2, 0) is 14.4 Å². The summed E-state index contributed by atoms with van der Waals surface area (Å²) in [7, 11) is 0. The van der Waals surface area contributed by atoms with Gasteiger partial charge in [0.2, 0.25) is 17.7 Å². The molecule has 2 aliphatic rings. The number of carbonyl (C=O) groups is 3. The van der Waals surface area contributed by atoms with Crippen molar-refractivity contribution in [2.24, 2.45) is 5.92 Å². The van der Waals surface area contributed by atoms with Gasteiger partial charge in [-0.2, -0.15) is 0 Å². The molecule has 0 atom stereocenters. The standard InChI is InChI=1S/C18H31N3O3/c1-18(2,12-16(23)19-13-14-6-5-7-14)20-15(22)9-11-21-10-4-3-8-17(21)24/h14H,3-13H2,1-2H3,(H,19,23)(H,20,22). The Balaban J connectivity index is 1.66. The second-order valence-electron chi connectivity index (χ2n) is 7.80. The number of nitrogens with one attached hydrogen (secondary N) is 2. The van der Waals surface area contributed by atoms with Gasteiger partial charge in [0.1, 0.15) is 0 Å². The van der Waals surface area contributed by atoms with Gasteiger partial charge in [-0.25, -0.2) is 0 Å². The maximum atomic E-state index is 12.1. The maximum Gasteiger partial charge on any atom is 0.222 e. The Bertz CT molecular complexity index is 472. The van der Waals surface area contributed by atoms with Crippen molar-refractivity contribution in [2.75, 3.05) is 19.6 Å². The highest BCUT2D eigenvalue weighted by molar-refractivity contribution is 5.81. The molecule has 136 valence electrons. The highest BCUT2D eigenvalue weighted by Crippen LogP contribution is 2.25. The van der Waals surface area contributed by atoms with Crippen LogP contribution in [0, 0.1) is 5.92 Å². The monoisotopic (exact) mass is 337 g/mol. The lowest BCUT2D eigenvalue weighted by molar-refractivity contribution is -0.134.